The first-order valence-electron chi connectivity index (χ1n) is 9.09. The minimum atomic E-state index is -0.360. The average Bonchev–Trinajstić information content (AvgIpc) is 2.82. The number of hydrogen-bond acceptors (Lipinski definition) is 4. The number of thiophene rings is 1. The lowest BCUT2D eigenvalue weighted by molar-refractivity contribution is 0.0505. The molecule has 1 aliphatic rings. The van der Waals surface area contributed by atoms with Crippen molar-refractivity contribution in [1.82, 2.24) is 0 Å². The predicted molar refractivity (Wildman–Crippen MR) is 111 cm³/mol. The fourth-order valence-electron chi connectivity index (χ4n) is 3.13. The zero-order valence-corrected chi connectivity index (χ0v) is 17.4. The number of carbonyl (C=O) groups is 2. The Kier molecular flexibility index (Phi) is 6.79. The molecule has 1 heterocycles. The van der Waals surface area contributed by atoms with Crippen LogP contribution in [0.2, 0.25) is 10.0 Å². The smallest absolute Gasteiger partial charge is 0.341 e. The number of benzene rings is 1. The molecule has 0 atom stereocenters. The van der Waals surface area contributed by atoms with Gasteiger partial charge >= 0.3 is 5.97 Å². The van der Waals surface area contributed by atoms with Crippen LogP contribution in [0.4, 0.5) is 5.00 Å². The zero-order chi connectivity index (χ0) is 19.4. The third-order valence-electron chi connectivity index (χ3n) is 4.47. The highest BCUT2D eigenvalue weighted by Gasteiger charge is 2.27. The van der Waals surface area contributed by atoms with E-state index in [1.165, 1.54) is 22.3 Å². The van der Waals surface area contributed by atoms with Gasteiger partial charge in [-0.2, -0.15) is 0 Å². The first-order chi connectivity index (χ1) is 13.0. The highest BCUT2D eigenvalue weighted by atomic mass is 35.5. The van der Waals surface area contributed by atoms with Gasteiger partial charge in [0.05, 0.1) is 22.2 Å². The fourth-order valence-corrected chi connectivity index (χ4v) is 4.70. The minimum absolute atomic E-state index is 0.314. The second-order valence-corrected chi connectivity index (χ2v) is 8.41. The number of ether oxygens (including phenoxy) is 1. The van der Waals surface area contributed by atoms with Crippen molar-refractivity contribution in [2.45, 2.75) is 45.4 Å². The van der Waals surface area contributed by atoms with Gasteiger partial charge in [0, 0.05) is 10.4 Å². The molecule has 3 rings (SSSR count). The van der Waals surface area contributed by atoms with Gasteiger partial charge in [-0.25, -0.2) is 4.79 Å². The van der Waals surface area contributed by atoms with Gasteiger partial charge in [0.2, 0.25) is 0 Å². The topological polar surface area (TPSA) is 55.4 Å². The number of hydrogen-bond donors (Lipinski definition) is 1. The molecule has 0 bridgehead atoms. The van der Waals surface area contributed by atoms with E-state index in [9.17, 15) is 9.59 Å². The van der Waals surface area contributed by atoms with E-state index in [4.69, 9.17) is 27.9 Å². The molecule has 0 radical (unpaired) electrons. The molecule has 1 aromatic heterocycles. The van der Waals surface area contributed by atoms with Crippen molar-refractivity contribution in [2.75, 3.05) is 11.9 Å². The molecule has 0 saturated heterocycles. The third-order valence-corrected chi connectivity index (χ3v) is 6.42. The molecule has 1 aromatic carbocycles. The van der Waals surface area contributed by atoms with Gasteiger partial charge in [0.25, 0.3) is 5.91 Å². The Morgan fingerprint density at radius 1 is 1.15 bits per heavy atom. The molecule has 7 heteroatoms. The first kappa shape index (κ1) is 20.2. The lowest BCUT2D eigenvalue weighted by atomic mass is 10.1. The van der Waals surface area contributed by atoms with E-state index in [1.807, 2.05) is 6.92 Å². The molecular weight excluding hydrogens is 405 g/mol. The number of esters is 1. The third kappa shape index (κ3) is 4.65. The predicted octanol–water partition coefficient (Wildman–Crippen LogP) is 6.14. The van der Waals surface area contributed by atoms with E-state index >= 15 is 0 Å². The van der Waals surface area contributed by atoms with E-state index in [2.05, 4.69) is 5.32 Å². The molecule has 0 unspecified atom stereocenters. The normalized spacial score (nSPS) is 13.6. The van der Waals surface area contributed by atoms with Crippen molar-refractivity contribution in [1.29, 1.82) is 0 Å². The summed E-state index contributed by atoms with van der Waals surface area (Å²) in [5.41, 5.74) is 1.93. The Labute approximate surface area is 172 Å². The molecule has 144 valence electrons. The highest BCUT2D eigenvalue weighted by Crippen LogP contribution is 2.38. The maximum atomic E-state index is 12.7. The Morgan fingerprint density at radius 3 is 2.67 bits per heavy atom. The molecule has 0 fully saturated rings. The number of aryl methyl sites for hydroxylation is 1. The number of anilines is 1. The van der Waals surface area contributed by atoms with Crippen LogP contribution in [0.3, 0.4) is 0 Å². The summed E-state index contributed by atoms with van der Waals surface area (Å²) in [6.07, 6.45) is 5.80. The van der Waals surface area contributed by atoms with Crippen LogP contribution in [0.25, 0.3) is 0 Å². The van der Waals surface area contributed by atoms with E-state index in [0.717, 1.165) is 44.1 Å². The van der Waals surface area contributed by atoms with Crippen LogP contribution in [-0.4, -0.2) is 18.5 Å². The molecule has 1 N–H and O–H groups in total. The summed E-state index contributed by atoms with van der Waals surface area (Å²) in [5.74, 6) is -0.685. The molecular formula is C20H21Cl2NO3S. The summed E-state index contributed by atoms with van der Waals surface area (Å²) >= 11 is 13.4. The first-order valence-corrected chi connectivity index (χ1v) is 10.7. The molecule has 4 nitrogen and oxygen atoms in total. The Balaban J connectivity index is 1.92. The Bertz CT molecular complexity index is 863. The van der Waals surface area contributed by atoms with E-state index in [1.54, 1.807) is 12.1 Å². The lowest BCUT2D eigenvalue weighted by Gasteiger charge is -2.09. The number of fused-ring (bicyclic) bond motifs is 1. The van der Waals surface area contributed by atoms with Crippen molar-refractivity contribution in [2.24, 2.45) is 0 Å². The summed E-state index contributed by atoms with van der Waals surface area (Å²) in [6.45, 7) is 2.32. The van der Waals surface area contributed by atoms with Crippen LogP contribution in [0.1, 0.15) is 63.8 Å². The second-order valence-electron chi connectivity index (χ2n) is 6.49. The second kappa shape index (κ2) is 9.09. The molecule has 0 spiro atoms. The SMILES string of the molecule is CCCOC(=O)c1c(NC(=O)c2ccc(Cl)c(Cl)c2)sc2c1CCCCC2. The van der Waals surface area contributed by atoms with Crippen molar-refractivity contribution in [3.8, 4) is 0 Å². The van der Waals surface area contributed by atoms with Crippen LogP contribution in [-0.2, 0) is 17.6 Å². The lowest BCUT2D eigenvalue weighted by Crippen LogP contribution is -2.15. The van der Waals surface area contributed by atoms with Gasteiger partial charge in [-0.15, -0.1) is 11.3 Å². The summed E-state index contributed by atoms with van der Waals surface area (Å²) in [5, 5.41) is 4.14. The van der Waals surface area contributed by atoms with Crippen molar-refractivity contribution < 1.29 is 14.3 Å². The van der Waals surface area contributed by atoms with E-state index in [-0.39, 0.29) is 11.9 Å². The quantitative estimate of drug-likeness (QED) is 0.461. The fraction of sp³-hybridized carbons (Fsp3) is 0.400. The maximum Gasteiger partial charge on any atom is 0.341 e. The number of halogens is 2. The molecule has 0 aliphatic heterocycles. The zero-order valence-electron chi connectivity index (χ0n) is 15.1. The van der Waals surface area contributed by atoms with E-state index < -0.39 is 0 Å². The van der Waals surface area contributed by atoms with Gasteiger partial charge < -0.3 is 10.1 Å². The van der Waals surface area contributed by atoms with Crippen LogP contribution in [0.15, 0.2) is 18.2 Å². The van der Waals surface area contributed by atoms with Crippen molar-refractivity contribution in [3.63, 3.8) is 0 Å². The van der Waals surface area contributed by atoms with Crippen LogP contribution >= 0.6 is 34.5 Å². The van der Waals surface area contributed by atoms with Crippen LogP contribution in [0, 0.1) is 0 Å². The van der Waals surface area contributed by atoms with Gasteiger partial charge in [0.15, 0.2) is 0 Å². The summed E-state index contributed by atoms with van der Waals surface area (Å²) in [4.78, 5) is 26.5. The Hall–Kier alpha value is -1.56. The van der Waals surface area contributed by atoms with Gasteiger partial charge in [-0.1, -0.05) is 36.5 Å². The molecule has 0 saturated carbocycles. The summed E-state index contributed by atoms with van der Waals surface area (Å²) in [7, 11) is 0. The summed E-state index contributed by atoms with van der Waals surface area (Å²) < 4.78 is 5.38. The number of nitrogens with one attached hydrogen (secondary N) is 1. The maximum absolute atomic E-state index is 12.7. The van der Waals surface area contributed by atoms with Crippen molar-refractivity contribution >= 4 is 51.4 Å². The molecule has 27 heavy (non-hydrogen) atoms. The standard InChI is InChI=1S/C20H21Cl2NO3S/c1-2-10-26-20(25)17-13-6-4-3-5-7-16(13)27-19(17)23-18(24)12-8-9-14(21)15(22)11-12/h8-9,11H,2-7,10H2,1H3,(H,23,24). The average molecular weight is 426 g/mol. The molecule has 2 aromatic rings. The van der Waals surface area contributed by atoms with Crippen LogP contribution < -0.4 is 5.32 Å². The summed E-state index contributed by atoms with van der Waals surface area (Å²) in [6, 6.07) is 4.71. The molecule has 1 aliphatic carbocycles. The Morgan fingerprint density at radius 2 is 1.93 bits per heavy atom. The van der Waals surface area contributed by atoms with E-state index in [0.29, 0.717) is 32.8 Å². The van der Waals surface area contributed by atoms with Crippen molar-refractivity contribution in [3.05, 3.63) is 49.8 Å². The monoisotopic (exact) mass is 425 g/mol. The highest BCUT2D eigenvalue weighted by molar-refractivity contribution is 7.17. The van der Waals surface area contributed by atoms with Gasteiger partial charge in [0.1, 0.15) is 5.00 Å². The number of amides is 1. The van der Waals surface area contributed by atoms with Gasteiger partial charge in [-0.05, 0) is 55.9 Å². The molecule has 1 amide bonds. The minimum Gasteiger partial charge on any atom is -0.462 e. The largest absolute Gasteiger partial charge is 0.462 e. The van der Waals surface area contributed by atoms with Gasteiger partial charge in [-0.3, -0.25) is 4.79 Å². The number of carbonyl (C=O) groups excluding carboxylic acids is 2. The van der Waals surface area contributed by atoms with Crippen LogP contribution in [0.5, 0.6) is 0 Å². The number of rotatable bonds is 5.